The average Bonchev–Trinajstić information content (AvgIpc) is 3.18. The van der Waals surface area contributed by atoms with Gasteiger partial charge in [-0.1, -0.05) is 30.3 Å². The van der Waals surface area contributed by atoms with Crippen LogP contribution in [0.5, 0.6) is 0 Å². The molecule has 1 aliphatic rings. The zero-order valence-corrected chi connectivity index (χ0v) is 15.1. The maximum atomic E-state index is 12.6. The van der Waals surface area contributed by atoms with E-state index >= 15 is 0 Å². The molecule has 0 bridgehead atoms. The lowest BCUT2D eigenvalue weighted by molar-refractivity contribution is -0.121. The number of nitrogens with zero attached hydrogens (tertiary/aromatic N) is 2. The minimum Gasteiger partial charge on any atom is -0.350 e. The van der Waals surface area contributed by atoms with Crippen LogP contribution >= 0.6 is 0 Å². The molecule has 1 fully saturated rings. The molecule has 2 aromatic rings. The van der Waals surface area contributed by atoms with Crippen LogP contribution in [-0.2, 0) is 27.9 Å². The van der Waals surface area contributed by atoms with Gasteiger partial charge in [0.15, 0.2) is 0 Å². The Bertz CT molecular complexity index is 932. The first-order valence-electron chi connectivity index (χ1n) is 8.48. The summed E-state index contributed by atoms with van der Waals surface area (Å²) in [5, 5.41) is 2.73. The van der Waals surface area contributed by atoms with E-state index in [1.165, 1.54) is 22.6 Å². The summed E-state index contributed by atoms with van der Waals surface area (Å²) < 4.78 is 27.7. The zero-order chi connectivity index (χ0) is 18.6. The van der Waals surface area contributed by atoms with Crippen molar-refractivity contribution >= 4 is 15.9 Å². The molecule has 0 saturated carbocycles. The summed E-state index contributed by atoms with van der Waals surface area (Å²) in [7, 11) is -3.63. The van der Waals surface area contributed by atoms with Crippen LogP contribution in [0.25, 0.3) is 0 Å². The Morgan fingerprint density at radius 1 is 1.04 bits per heavy atom. The Kier molecular flexibility index (Phi) is 5.53. The number of carbonyl (C=O) groups excluding carboxylic acids is 1. The van der Waals surface area contributed by atoms with Crippen molar-refractivity contribution in [1.82, 2.24) is 14.2 Å². The quantitative estimate of drug-likeness (QED) is 0.814. The molecule has 8 heteroatoms. The van der Waals surface area contributed by atoms with E-state index in [1.807, 2.05) is 30.3 Å². The van der Waals surface area contributed by atoms with Crippen molar-refractivity contribution in [3.05, 3.63) is 64.6 Å². The summed E-state index contributed by atoms with van der Waals surface area (Å²) in [4.78, 5) is 24.2. The number of amides is 1. The Morgan fingerprint density at radius 3 is 2.42 bits per heavy atom. The van der Waals surface area contributed by atoms with Gasteiger partial charge >= 0.3 is 0 Å². The van der Waals surface area contributed by atoms with Crippen molar-refractivity contribution in [1.29, 1.82) is 0 Å². The number of hydrogen-bond donors (Lipinski definition) is 1. The van der Waals surface area contributed by atoms with E-state index < -0.39 is 15.6 Å². The summed E-state index contributed by atoms with van der Waals surface area (Å²) in [6.45, 7) is 1.09. The SMILES string of the molecule is O=C(Cn1cc(S(=O)(=O)N2CCCC2)ccc1=O)NCc1ccccc1. The molecule has 0 spiro atoms. The van der Waals surface area contributed by atoms with E-state index in [-0.39, 0.29) is 17.3 Å². The molecule has 1 amide bonds. The van der Waals surface area contributed by atoms with E-state index in [9.17, 15) is 18.0 Å². The second kappa shape index (κ2) is 7.84. The lowest BCUT2D eigenvalue weighted by Crippen LogP contribution is -2.33. The lowest BCUT2D eigenvalue weighted by Gasteiger charge is -2.16. The lowest BCUT2D eigenvalue weighted by atomic mass is 10.2. The second-order valence-corrected chi connectivity index (χ2v) is 8.14. The monoisotopic (exact) mass is 375 g/mol. The molecule has 1 saturated heterocycles. The van der Waals surface area contributed by atoms with E-state index in [4.69, 9.17) is 0 Å². The third-order valence-corrected chi connectivity index (χ3v) is 6.19. The number of benzene rings is 1. The number of aromatic nitrogens is 1. The zero-order valence-electron chi connectivity index (χ0n) is 14.3. The van der Waals surface area contributed by atoms with Crippen LogP contribution in [0.2, 0.25) is 0 Å². The first-order chi connectivity index (χ1) is 12.5. The minimum absolute atomic E-state index is 0.0369. The average molecular weight is 375 g/mol. The molecule has 138 valence electrons. The predicted molar refractivity (Wildman–Crippen MR) is 97.0 cm³/mol. The third kappa shape index (κ3) is 4.20. The fourth-order valence-corrected chi connectivity index (χ4v) is 4.41. The molecule has 0 unspecified atom stereocenters. The highest BCUT2D eigenvalue weighted by Crippen LogP contribution is 2.19. The number of pyridine rings is 1. The molecule has 2 heterocycles. The van der Waals surface area contributed by atoms with Gasteiger partial charge in [-0.15, -0.1) is 0 Å². The molecular weight excluding hydrogens is 354 g/mol. The highest BCUT2D eigenvalue weighted by molar-refractivity contribution is 7.89. The van der Waals surface area contributed by atoms with E-state index in [2.05, 4.69) is 5.32 Å². The number of nitrogens with one attached hydrogen (secondary N) is 1. The molecule has 1 aromatic carbocycles. The van der Waals surface area contributed by atoms with Crippen LogP contribution in [0.4, 0.5) is 0 Å². The summed E-state index contributed by atoms with van der Waals surface area (Å²) >= 11 is 0. The molecule has 1 N–H and O–H groups in total. The van der Waals surface area contributed by atoms with Gasteiger partial charge in [-0.05, 0) is 24.5 Å². The minimum atomic E-state index is -3.63. The summed E-state index contributed by atoms with van der Waals surface area (Å²) in [6, 6.07) is 11.9. The molecule has 0 aliphatic carbocycles. The van der Waals surface area contributed by atoms with E-state index in [0.29, 0.717) is 19.6 Å². The highest BCUT2D eigenvalue weighted by Gasteiger charge is 2.27. The Morgan fingerprint density at radius 2 is 1.73 bits per heavy atom. The molecule has 3 rings (SSSR count). The molecule has 0 radical (unpaired) electrons. The number of rotatable bonds is 6. The topological polar surface area (TPSA) is 88.5 Å². The van der Waals surface area contributed by atoms with Crippen LogP contribution in [0.3, 0.4) is 0 Å². The number of carbonyl (C=O) groups is 1. The predicted octanol–water partition coefficient (Wildman–Crippen LogP) is 0.949. The Labute approximate surface area is 152 Å². The van der Waals surface area contributed by atoms with Gasteiger partial charge in [0.2, 0.25) is 15.9 Å². The molecule has 1 aliphatic heterocycles. The van der Waals surface area contributed by atoms with Gasteiger partial charge in [-0.2, -0.15) is 4.31 Å². The van der Waals surface area contributed by atoms with Crippen molar-refractivity contribution in [3.8, 4) is 0 Å². The van der Waals surface area contributed by atoms with Crippen LogP contribution in [0.15, 0.2) is 58.4 Å². The van der Waals surface area contributed by atoms with Crippen molar-refractivity contribution in [2.75, 3.05) is 13.1 Å². The van der Waals surface area contributed by atoms with Gasteiger partial charge in [0, 0.05) is 31.9 Å². The fraction of sp³-hybridized carbons (Fsp3) is 0.333. The molecular formula is C18H21N3O4S. The summed E-state index contributed by atoms with van der Waals surface area (Å²) in [5.41, 5.74) is 0.527. The summed E-state index contributed by atoms with van der Waals surface area (Å²) in [6.07, 6.45) is 2.92. The second-order valence-electron chi connectivity index (χ2n) is 6.20. The van der Waals surface area contributed by atoms with Gasteiger partial charge in [0.1, 0.15) is 6.54 Å². The summed E-state index contributed by atoms with van der Waals surface area (Å²) in [5.74, 6) is -0.355. The van der Waals surface area contributed by atoms with Crippen molar-refractivity contribution in [3.63, 3.8) is 0 Å². The standard InChI is InChI=1S/C18H21N3O4S/c22-17(19-12-15-6-2-1-3-7-15)14-20-13-16(8-9-18(20)23)26(24,25)21-10-4-5-11-21/h1-3,6-9,13H,4-5,10-12,14H2,(H,19,22). The van der Waals surface area contributed by atoms with Gasteiger partial charge in [-0.3, -0.25) is 9.59 Å². The van der Waals surface area contributed by atoms with Crippen molar-refractivity contribution in [2.24, 2.45) is 0 Å². The van der Waals surface area contributed by atoms with Gasteiger partial charge < -0.3 is 9.88 Å². The Hall–Kier alpha value is -2.45. The van der Waals surface area contributed by atoms with Crippen LogP contribution in [0, 0.1) is 0 Å². The number of sulfonamides is 1. The van der Waals surface area contributed by atoms with Gasteiger partial charge in [-0.25, -0.2) is 8.42 Å². The van der Waals surface area contributed by atoms with Crippen molar-refractivity contribution < 1.29 is 13.2 Å². The van der Waals surface area contributed by atoms with Crippen LogP contribution in [0.1, 0.15) is 18.4 Å². The molecule has 7 nitrogen and oxygen atoms in total. The normalized spacial score (nSPS) is 15.1. The van der Waals surface area contributed by atoms with Crippen LogP contribution in [-0.4, -0.2) is 36.3 Å². The molecule has 0 atom stereocenters. The van der Waals surface area contributed by atoms with Gasteiger partial charge in [0.25, 0.3) is 5.56 Å². The number of hydrogen-bond acceptors (Lipinski definition) is 4. The fourth-order valence-electron chi connectivity index (χ4n) is 2.87. The smallest absolute Gasteiger partial charge is 0.251 e. The highest BCUT2D eigenvalue weighted by atomic mass is 32.2. The van der Waals surface area contributed by atoms with E-state index in [0.717, 1.165) is 23.0 Å². The maximum absolute atomic E-state index is 12.6. The van der Waals surface area contributed by atoms with E-state index in [1.54, 1.807) is 0 Å². The largest absolute Gasteiger partial charge is 0.350 e. The first kappa shape index (κ1) is 18.3. The molecule has 1 aromatic heterocycles. The van der Waals surface area contributed by atoms with Crippen LogP contribution < -0.4 is 10.9 Å². The Balaban J connectivity index is 1.71. The maximum Gasteiger partial charge on any atom is 0.251 e. The van der Waals surface area contributed by atoms with Crippen molar-refractivity contribution in [2.45, 2.75) is 30.8 Å². The van der Waals surface area contributed by atoms with Gasteiger partial charge in [0.05, 0.1) is 4.90 Å². The molecule has 26 heavy (non-hydrogen) atoms. The first-order valence-corrected chi connectivity index (χ1v) is 9.92. The third-order valence-electron chi connectivity index (χ3n) is 4.31.